The van der Waals surface area contributed by atoms with Crippen molar-refractivity contribution < 1.29 is 4.42 Å². The normalized spacial score (nSPS) is 11.9. The highest BCUT2D eigenvalue weighted by Gasteiger charge is 2.22. The molecule has 0 amide bonds. The summed E-state index contributed by atoms with van der Waals surface area (Å²) in [5.74, 6) is 1.82. The number of aromatic nitrogens is 4. The maximum Gasteiger partial charge on any atom is 0.164 e. The molecule has 0 saturated carbocycles. The zero-order valence-electron chi connectivity index (χ0n) is 30.4. The van der Waals surface area contributed by atoms with Gasteiger partial charge in [0.15, 0.2) is 17.5 Å². The van der Waals surface area contributed by atoms with Crippen LogP contribution in [0, 0.1) is 0 Å². The molecule has 8 aromatic carbocycles. The number of hydrogen-bond donors (Lipinski definition) is 0. The van der Waals surface area contributed by atoms with Crippen molar-refractivity contribution in [1.29, 1.82) is 0 Å². The zero-order valence-corrected chi connectivity index (χ0v) is 31.2. The molecule has 0 aliphatic carbocycles. The largest absolute Gasteiger partial charge is 0.456 e. The van der Waals surface area contributed by atoms with Gasteiger partial charge in [0.2, 0.25) is 0 Å². The summed E-state index contributed by atoms with van der Waals surface area (Å²) in [5, 5.41) is 7.08. The van der Waals surface area contributed by atoms with Gasteiger partial charge in [-0.15, -0.1) is 11.3 Å². The number of hydrogen-bond acceptors (Lipinski definition) is 5. The molecular formula is C51H30N4OS. The van der Waals surface area contributed by atoms with E-state index >= 15 is 0 Å². The van der Waals surface area contributed by atoms with Crippen LogP contribution in [-0.2, 0) is 0 Å². The Labute approximate surface area is 330 Å². The van der Waals surface area contributed by atoms with Gasteiger partial charge in [-0.2, -0.15) is 0 Å². The second-order valence-electron chi connectivity index (χ2n) is 14.4. The highest BCUT2D eigenvalue weighted by molar-refractivity contribution is 7.26. The van der Waals surface area contributed by atoms with Crippen LogP contribution >= 0.6 is 11.3 Å². The van der Waals surface area contributed by atoms with E-state index in [0.717, 1.165) is 61.0 Å². The lowest BCUT2D eigenvalue weighted by Crippen LogP contribution is -2.00. The first-order chi connectivity index (χ1) is 28.2. The Kier molecular flexibility index (Phi) is 7.03. The van der Waals surface area contributed by atoms with Gasteiger partial charge in [-0.25, -0.2) is 15.0 Å². The maximum absolute atomic E-state index is 6.90. The Morgan fingerprint density at radius 3 is 1.75 bits per heavy atom. The predicted octanol–water partition coefficient (Wildman–Crippen LogP) is 13.9. The standard InChI is InChI=1S/C51H30N4OS/c1-4-14-31(15-5-1)34-28-40(51-53-49(32-16-6-2-7-17-32)52-50(54-51)33-18-8-3-9-19-33)46-39-25-24-35(30-43(39)56-44(46)29-34)55-41-22-12-10-21-38(41)47-42(55)27-26-37-36-20-11-13-23-45(36)57-48(37)47/h1-30H. The molecule has 0 unspecified atom stereocenters. The maximum atomic E-state index is 6.90. The van der Waals surface area contributed by atoms with E-state index < -0.39 is 0 Å². The summed E-state index contributed by atoms with van der Waals surface area (Å²) in [5.41, 5.74) is 9.78. The summed E-state index contributed by atoms with van der Waals surface area (Å²) in [7, 11) is 0. The molecule has 57 heavy (non-hydrogen) atoms. The van der Waals surface area contributed by atoms with Crippen LogP contribution in [0.1, 0.15) is 0 Å². The van der Waals surface area contributed by atoms with Crippen LogP contribution in [0.5, 0.6) is 0 Å². The van der Waals surface area contributed by atoms with Crippen molar-refractivity contribution >= 4 is 75.3 Å². The van der Waals surface area contributed by atoms with E-state index in [4.69, 9.17) is 19.4 Å². The van der Waals surface area contributed by atoms with Crippen LogP contribution < -0.4 is 0 Å². The molecule has 5 nitrogen and oxygen atoms in total. The fourth-order valence-corrected chi connectivity index (χ4v) is 9.71. The van der Waals surface area contributed by atoms with Crippen molar-refractivity contribution in [2.24, 2.45) is 0 Å². The smallest absolute Gasteiger partial charge is 0.164 e. The monoisotopic (exact) mass is 746 g/mol. The first kappa shape index (κ1) is 31.9. The second-order valence-corrected chi connectivity index (χ2v) is 15.4. The Balaban J connectivity index is 1.12. The van der Waals surface area contributed by atoms with E-state index in [-0.39, 0.29) is 0 Å². The average molecular weight is 747 g/mol. The first-order valence-corrected chi connectivity index (χ1v) is 19.8. The Hall–Kier alpha value is -7.41. The van der Waals surface area contributed by atoms with Crippen molar-refractivity contribution in [2.75, 3.05) is 0 Å². The summed E-state index contributed by atoms with van der Waals surface area (Å²) >= 11 is 1.87. The molecule has 4 aromatic heterocycles. The SMILES string of the molecule is c1ccc(-c2cc(-c3nc(-c4ccccc4)nc(-c4ccccc4)n3)c3c(c2)oc2cc(-n4c5ccccc5c5c6sc7ccccc7c6ccc54)ccc23)cc1. The third kappa shape index (κ3) is 5.04. The number of fused-ring (bicyclic) bond motifs is 10. The minimum absolute atomic E-state index is 0.590. The van der Waals surface area contributed by atoms with Crippen molar-refractivity contribution in [1.82, 2.24) is 19.5 Å². The van der Waals surface area contributed by atoms with Gasteiger partial charge in [0, 0.05) is 70.2 Å². The van der Waals surface area contributed by atoms with E-state index in [1.165, 1.54) is 36.5 Å². The molecule has 0 aliphatic heterocycles. The van der Waals surface area contributed by atoms with E-state index in [1.807, 2.05) is 78.1 Å². The van der Waals surface area contributed by atoms with Gasteiger partial charge in [-0.05, 0) is 53.6 Å². The summed E-state index contributed by atoms with van der Waals surface area (Å²) in [6.45, 7) is 0. The lowest BCUT2D eigenvalue weighted by atomic mass is 9.98. The summed E-state index contributed by atoms with van der Waals surface area (Å²) < 4.78 is 11.9. The molecule has 0 spiro atoms. The van der Waals surface area contributed by atoms with E-state index in [0.29, 0.717) is 17.5 Å². The molecule has 4 heterocycles. The summed E-state index contributed by atoms with van der Waals surface area (Å²) in [6, 6.07) is 63.6. The van der Waals surface area contributed by atoms with Gasteiger partial charge in [0.1, 0.15) is 11.2 Å². The number of furan rings is 1. The molecule has 12 rings (SSSR count). The van der Waals surface area contributed by atoms with Gasteiger partial charge in [0.25, 0.3) is 0 Å². The second kappa shape index (κ2) is 12.6. The number of para-hydroxylation sites is 1. The number of benzene rings is 8. The molecule has 0 bridgehead atoms. The van der Waals surface area contributed by atoms with E-state index in [1.54, 1.807) is 0 Å². The van der Waals surface area contributed by atoms with Crippen molar-refractivity contribution in [2.45, 2.75) is 0 Å². The Morgan fingerprint density at radius 1 is 0.404 bits per heavy atom. The molecule has 0 fully saturated rings. The topological polar surface area (TPSA) is 56.7 Å². The van der Waals surface area contributed by atoms with Crippen LogP contribution in [0.4, 0.5) is 0 Å². The van der Waals surface area contributed by atoms with Crippen LogP contribution in [0.3, 0.4) is 0 Å². The lowest BCUT2D eigenvalue weighted by molar-refractivity contribution is 0.669. The Morgan fingerprint density at radius 2 is 1.02 bits per heavy atom. The third-order valence-electron chi connectivity index (χ3n) is 11.0. The fourth-order valence-electron chi connectivity index (χ4n) is 8.45. The van der Waals surface area contributed by atoms with Gasteiger partial charge < -0.3 is 8.98 Å². The Bertz CT molecular complexity index is 3460. The minimum Gasteiger partial charge on any atom is -0.456 e. The molecule has 6 heteroatoms. The molecule has 0 saturated heterocycles. The average Bonchev–Trinajstić information content (AvgIpc) is 3.96. The zero-order chi connectivity index (χ0) is 37.5. The lowest BCUT2D eigenvalue weighted by Gasteiger charge is -2.11. The summed E-state index contributed by atoms with van der Waals surface area (Å²) in [6.07, 6.45) is 0. The third-order valence-corrected chi connectivity index (χ3v) is 12.2. The highest BCUT2D eigenvalue weighted by Crippen LogP contribution is 2.45. The molecule has 0 aliphatic rings. The van der Waals surface area contributed by atoms with E-state index in [2.05, 4.69) is 120 Å². The molecule has 0 radical (unpaired) electrons. The van der Waals surface area contributed by atoms with Crippen LogP contribution in [-0.4, -0.2) is 19.5 Å². The first-order valence-electron chi connectivity index (χ1n) is 19.0. The van der Waals surface area contributed by atoms with Crippen LogP contribution in [0.15, 0.2) is 186 Å². The van der Waals surface area contributed by atoms with Crippen molar-refractivity contribution in [3.05, 3.63) is 182 Å². The number of rotatable bonds is 5. The van der Waals surface area contributed by atoms with Gasteiger partial charge in [-0.1, -0.05) is 133 Å². The summed E-state index contributed by atoms with van der Waals surface area (Å²) in [4.78, 5) is 15.3. The van der Waals surface area contributed by atoms with Crippen LogP contribution in [0.2, 0.25) is 0 Å². The van der Waals surface area contributed by atoms with Gasteiger partial charge in [-0.3, -0.25) is 0 Å². The van der Waals surface area contributed by atoms with Gasteiger partial charge >= 0.3 is 0 Å². The molecule has 0 atom stereocenters. The molecule has 12 aromatic rings. The molecule has 266 valence electrons. The molecular weight excluding hydrogens is 717 g/mol. The van der Waals surface area contributed by atoms with Crippen LogP contribution in [0.25, 0.3) is 115 Å². The highest BCUT2D eigenvalue weighted by atomic mass is 32.1. The number of thiophene rings is 1. The van der Waals surface area contributed by atoms with Gasteiger partial charge in [0.05, 0.1) is 11.0 Å². The number of nitrogens with zero attached hydrogens (tertiary/aromatic N) is 4. The minimum atomic E-state index is 0.590. The predicted molar refractivity (Wildman–Crippen MR) is 236 cm³/mol. The van der Waals surface area contributed by atoms with Crippen molar-refractivity contribution in [3.63, 3.8) is 0 Å². The van der Waals surface area contributed by atoms with Crippen molar-refractivity contribution in [3.8, 4) is 51.0 Å². The van der Waals surface area contributed by atoms with E-state index in [9.17, 15) is 0 Å². The quantitative estimate of drug-likeness (QED) is 0.176. The fraction of sp³-hybridized carbons (Fsp3) is 0. The molecule has 0 N–H and O–H groups in total.